The second-order valence-electron chi connectivity index (χ2n) is 7.03. The molecule has 0 saturated heterocycles. The quantitative estimate of drug-likeness (QED) is 0.420. The Labute approximate surface area is 167 Å². The lowest BCUT2D eigenvalue weighted by Crippen LogP contribution is -2.31. The number of benzene rings is 1. The number of alkyl halides is 5. The molecule has 166 valence electrons. The highest BCUT2D eigenvalue weighted by Crippen LogP contribution is 2.41. The first-order valence-corrected chi connectivity index (χ1v) is 9.46. The summed E-state index contributed by atoms with van der Waals surface area (Å²) in [5.41, 5.74) is 6.67. The molecule has 1 amide bonds. The van der Waals surface area contributed by atoms with Crippen LogP contribution < -0.4 is 21.3 Å². The molecule has 2 rings (SSSR count). The van der Waals surface area contributed by atoms with E-state index >= 15 is 0 Å². The van der Waals surface area contributed by atoms with Gasteiger partial charge in [-0.1, -0.05) is 13.8 Å². The van der Waals surface area contributed by atoms with Crippen LogP contribution in [0.25, 0.3) is 0 Å². The number of hydrogen-bond donors (Lipinski definition) is 3. The van der Waals surface area contributed by atoms with Crippen molar-refractivity contribution in [2.45, 2.75) is 58.2 Å². The Balaban J connectivity index is 0.00000204. The van der Waals surface area contributed by atoms with Gasteiger partial charge in [-0.2, -0.15) is 13.2 Å². The maximum atomic E-state index is 12.8. The number of rotatable bonds is 8. The SMILES string of the molecule is CC.CN(CC(F)F)c1cc(NC2(C)CC2)c(N)cc1C(=O)NCCC(F)(F)F. The smallest absolute Gasteiger partial charge is 0.390 e. The van der Waals surface area contributed by atoms with E-state index in [9.17, 15) is 26.7 Å². The Morgan fingerprint density at radius 2 is 1.86 bits per heavy atom. The number of nitrogens with zero attached hydrogens (tertiary/aromatic N) is 1. The highest BCUT2D eigenvalue weighted by molar-refractivity contribution is 6.02. The molecule has 0 atom stereocenters. The third-order valence-electron chi connectivity index (χ3n) is 4.37. The van der Waals surface area contributed by atoms with E-state index in [1.165, 1.54) is 24.1 Å². The van der Waals surface area contributed by atoms with Gasteiger partial charge in [0.15, 0.2) is 0 Å². The van der Waals surface area contributed by atoms with Crippen LogP contribution in [0.3, 0.4) is 0 Å². The summed E-state index contributed by atoms with van der Waals surface area (Å²) in [6.07, 6.45) is -6.39. The van der Waals surface area contributed by atoms with Gasteiger partial charge in [-0.3, -0.25) is 4.79 Å². The average Bonchev–Trinajstić information content (AvgIpc) is 3.33. The van der Waals surface area contributed by atoms with Crippen molar-refractivity contribution in [3.63, 3.8) is 0 Å². The highest BCUT2D eigenvalue weighted by atomic mass is 19.4. The Kier molecular flexibility index (Phi) is 8.52. The molecule has 0 spiro atoms. The van der Waals surface area contributed by atoms with E-state index in [-0.39, 0.29) is 22.5 Å². The standard InChI is InChI=1S/C17H23F5N4O.C2H6/c1-16(3-4-16)25-12-8-13(26(2)9-14(18)19)10(7-11(12)23)15(27)24-6-5-17(20,21)22;1-2/h7-8,14,25H,3-6,9,23H2,1-2H3,(H,24,27);1-2H3. The minimum absolute atomic E-state index is 0.0516. The van der Waals surface area contributed by atoms with E-state index in [4.69, 9.17) is 5.73 Å². The van der Waals surface area contributed by atoms with Gasteiger partial charge >= 0.3 is 6.18 Å². The van der Waals surface area contributed by atoms with Gasteiger partial charge in [0, 0.05) is 19.1 Å². The van der Waals surface area contributed by atoms with Gasteiger partial charge in [0.2, 0.25) is 0 Å². The molecule has 0 bridgehead atoms. The molecule has 10 heteroatoms. The van der Waals surface area contributed by atoms with Crippen molar-refractivity contribution in [1.29, 1.82) is 0 Å². The topological polar surface area (TPSA) is 70.4 Å². The van der Waals surface area contributed by atoms with E-state index < -0.39 is 38.0 Å². The third-order valence-corrected chi connectivity index (χ3v) is 4.37. The minimum Gasteiger partial charge on any atom is -0.397 e. The number of nitrogens with two attached hydrogens (primary N) is 1. The Hall–Kier alpha value is -2.26. The van der Waals surface area contributed by atoms with Crippen LogP contribution in [0, 0.1) is 0 Å². The van der Waals surface area contributed by atoms with Gasteiger partial charge in [-0.15, -0.1) is 0 Å². The normalized spacial score (nSPS) is 14.7. The first kappa shape index (κ1) is 24.8. The van der Waals surface area contributed by atoms with E-state index in [2.05, 4.69) is 10.6 Å². The predicted octanol–water partition coefficient (Wildman–Crippen LogP) is 4.64. The van der Waals surface area contributed by atoms with Gasteiger partial charge < -0.3 is 21.3 Å². The van der Waals surface area contributed by atoms with Gasteiger partial charge in [-0.25, -0.2) is 8.78 Å². The second kappa shape index (κ2) is 9.98. The minimum atomic E-state index is -4.41. The molecule has 4 N–H and O–H groups in total. The number of carbonyl (C=O) groups is 1. The number of nitrogens with one attached hydrogen (secondary N) is 2. The Morgan fingerprint density at radius 3 is 2.34 bits per heavy atom. The number of halogens is 5. The molecule has 5 nitrogen and oxygen atoms in total. The van der Waals surface area contributed by atoms with E-state index in [1.54, 1.807) is 0 Å². The van der Waals surface area contributed by atoms with Crippen molar-refractivity contribution in [2.24, 2.45) is 0 Å². The fourth-order valence-corrected chi connectivity index (χ4v) is 2.57. The molecule has 0 heterocycles. The fraction of sp³-hybridized carbons (Fsp3) is 0.632. The van der Waals surface area contributed by atoms with Crippen LogP contribution in [-0.2, 0) is 0 Å². The number of carbonyl (C=O) groups excluding carboxylic acids is 1. The first-order valence-electron chi connectivity index (χ1n) is 9.46. The van der Waals surface area contributed by atoms with Crippen LogP contribution in [0.1, 0.15) is 50.4 Å². The zero-order chi connectivity index (χ0) is 22.4. The number of amides is 1. The summed E-state index contributed by atoms with van der Waals surface area (Å²) in [5.74, 6) is -0.800. The molecule has 1 aliphatic rings. The summed E-state index contributed by atoms with van der Waals surface area (Å²) >= 11 is 0. The van der Waals surface area contributed by atoms with E-state index in [1.807, 2.05) is 20.8 Å². The van der Waals surface area contributed by atoms with E-state index in [0.29, 0.717) is 5.69 Å². The zero-order valence-corrected chi connectivity index (χ0v) is 17.1. The number of anilines is 3. The average molecular weight is 424 g/mol. The van der Waals surface area contributed by atoms with Crippen LogP contribution >= 0.6 is 0 Å². The second-order valence-corrected chi connectivity index (χ2v) is 7.03. The van der Waals surface area contributed by atoms with Crippen molar-refractivity contribution in [1.82, 2.24) is 5.32 Å². The predicted molar refractivity (Wildman–Crippen MR) is 106 cm³/mol. The molecular weight excluding hydrogens is 395 g/mol. The van der Waals surface area contributed by atoms with Crippen LogP contribution in [0.4, 0.5) is 39.0 Å². The molecule has 1 aliphatic carbocycles. The van der Waals surface area contributed by atoms with Crippen molar-refractivity contribution < 1.29 is 26.7 Å². The third kappa shape index (κ3) is 7.94. The van der Waals surface area contributed by atoms with Crippen molar-refractivity contribution in [2.75, 3.05) is 36.1 Å². The van der Waals surface area contributed by atoms with Crippen molar-refractivity contribution in [3.8, 4) is 0 Å². The molecule has 0 unspecified atom stereocenters. The van der Waals surface area contributed by atoms with Crippen LogP contribution in [0.5, 0.6) is 0 Å². The summed E-state index contributed by atoms with van der Waals surface area (Å²) < 4.78 is 62.4. The zero-order valence-electron chi connectivity index (χ0n) is 17.1. The summed E-state index contributed by atoms with van der Waals surface area (Å²) in [4.78, 5) is 13.5. The lowest BCUT2D eigenvalue weighted by atomic mass is 10.1. The maximum absolute atomic E-state index is 12.8. The van der Waals surface area contributed by atoms with Crippen LogP contribution in [-0.4, -0.2) is 44.2 Å². The van der Waals surface area contributed by atoms with Gasteiger partial charge in [0.05, 0.1) is 35.6 Å². The molecular formula is C19H29F5N4O. The van der Waals surface area contributed by atoms with Crippen molar-refractivity contribution in [3.05, 3.63) is 17.7 Å². The summed E-state index contributed by atoms with van der Waals surface area (Å²) in [6, 6.07) is 2.79. The summed E-state index contributed by atoms with van der Waals surface area (Å²) in [7, 11) is 1.38. The fourth-order valence-electron chi connectivity index (χ4n) is 2.57. The van der Waals surface area contributed by atoms with Gasteiger partial charge in [0.1, 0.15) is 0 Å². The maximum Gasteiger partial charge on any atom is 0.390 e. The lowest BCUT2D eigenvalue weighted by molar-refractivity contribution is -0.132. The van der Waals surface area contributed by atoms with E-state index in [0.717, 1.165) is 12.8 Å². The highest BCUT2D eigenvalue weighted by Gasteiger charge is 2.37. The number of hydrogen-bond acceptors (Lipinski definition) is 4. The molecule has 1 fully saturated rings. The molecule has 0 aliphatic heterocycles. The summed E-state index contributed by atoms with van der Waals surface area (Å²) in [6.45, 7) is 4.73. The first-order chi connectivity index (χ1) is 13.4. The molecule has 1 saturated carbocycles. The van der Waals surface area contributed by atoms with Crippen molar-refractivity contribution >= 4 is 23.0 Å². The van der Waals surface area contributed by atoms with Crippen LogP contribution in [0.15, 0.2) is 12.1 Å². The molecule has 1 aromatic carbocycles. The number of nitrogen functional groups attached to an aromatic ring is 1. The lowest BCUT2D eigenvalue weighted by Gasteiger charge is -2.25. The largest absolute Gasteiger partial charge is 0.397 e. The van der Waals surface area contributed by atoms with Crippen LogP contribution in [0.2, 0.25) is 0 Å². The monoisotopic (exact) mass is 424 g/mol. The Bertz CT molecular complexity index is 690. The van der Waals surface area contributed by atoms with Gasteiger partial charge in [0.25, 0.3) is 12.3 Å². The molecule has 0 radical (unpaired) electrons. The molecule has 29 heavy (non-hydrogen) atoms. The van der Waals surface area contributed by atoms with Gasteiger partial charge in [-0.05, 0) is 31.9 Å². The summed E-state index contributed by atoms with van der Waals surface area (Å²) in [5, 5.41) is 5.38. The molecule has 1 aromatic rings. The Morgan fingerprint density at radius 1 is 1.28 bits per heavy atom. The molecule has 0 aromatic heterocycles.